The van der Waals surface area contributed by atoms with Crippen LogP contribution in [0, 0.1) is 0 Å². The van der Waals surface area contributed by atoms with Gasteiger partial charge in [0.15, 0.2) is 0 Å². The van der Waals surface area contributed by atoms with E-state index in [0.29, 0.717) is 6.54 Å². The minimum atomic E-state index is -0.579. The van der Waals surface area contributed by atoms with E-state index in [1.807, 2.05) is 25.2 Å². The van der Waals surface area contributed by atoms with E-state index in [-0.39, 0.29) is 0 Å². The van der Waals surface area contributed by atoms with Crippen LogP contribution in [-0.4, -0.2) is 17.3 Å². The lowest BCUT2D eigenvalue weighted by molar-refractivity contribution is 0.0556. The van der Waals surface area contributed by atoms with Gasteiger partial charge in [0, 0.05) is 22.8 Å². The van der Waals surface area contributed by atoms with Crippen LogP contribution in [0.15, 0.2) is 12.1 Å². The summed E-state index contributed by atoms with van der Waals surface area (Å²) in [7, 11) is 0. The second-order valence-electron chi connectivity index (χ2n) is 4.18. The molecule has 0 radical (unpaired) electrons. The summed E-state index contributed by atoms with van der Waals surface area (Å²) < 4.78 is 0. The van der Waals surface area contributed by atoms with E-state index in [9.17, 15) is 5.11 Å². The minimum absolute atomic E-state index is 0.579. The average Bonchev–Trinajstić information content (AvgIpc) is 2.66. The Hall–Kier alpha value is -0.380. The van der Waals surface area contributed by atoms with Crippen LogP contribution >= 0.6 is 11.3 Å². The summed E-state index contributed by atoms with van der Waals surface area (Å²) in [6.07, 6.45) is 1.89. The summed E-state index contributed by atoms with van der Waals surface area (Å²) in [6.45, 7) is 7.56. The van der Waals surface area contributed by atoms with Gasteiger partial charge in [-0.1, -0.05) is 13.8 Å². The third kappa shape index (κ3) is 4.33. The van der Waals surface area contributed by atoms with E-state index in [2.05, 4.69) is 24.4 Å². The van der Waals surface area contributed by atoms with E-state index in [0.717, 1.165) is 19.4 Å². The van der Waals surface area contributed by atoms with Crippen LogP contribution < -0.4 is 5.32 Å². The predicted molar refractivity (Wildman–Crippen MR) is 66.3 cm³/mol. The molecule has 1 atom stereocenters. The van der Waals surface area contributed by atoms with Crippen molar-refractivity contribution in [3.8, 4) is 0 Å². The summed E-state index contributed by atoms with van der Waals surface area (Å²) in [5.74, 6) is 0. The molecule has 1 aromatic rings. The molecular formula is C12H21NOS. The van der Waals surface area contributed by atoms with Crippen molar-refractivity contribution in [3.05, 3.63) is 21.9 Å². The Bertz CT molecular complexity index is 294. The highest BCUT2D eigenvalue weighted by molar-refractivity contribution is 7.11. The van der Waals surface area contributed by atoms with Gasteiger partial charge in [-0.3, -0.25) is 0 Å². The number of nitrogens with one attached hydrogen (secondary N) is 1. The average molecular weight is 227 g/mol. The van der Waals surface area contributed by atoms with Gasteiger partial charge in [0.1, 0.15) is 0 Å². The molecule has 1 heterocycles. The monoisotopic (exact) mass is 227 g/mol. The number of hydrogen-bond acceptors (Lipinski definition) is 3. The van der Waals surface area contributed by atoms with Crippen LogP contribution in [0.2, 0.25) is 0 Å². The lowest BCUT2D eigenvalue weighted by atomic mass is 10.0. The Balaban J connectivity index is 2.31. The first-order valence-electron chi connectivity index (χ1n) is 5.58. The van der Waals surface area contributed by atoms with E-state index in [4.69, 9.17) is 0 Å². The standard InChI is InChI=1S/C12H21NOS/c1-4-10-6-7-11(15-10)8-13-9-12(3,14)5-2/h6-7,13-14H,4-5,8-9H2,1-3H3. The summed E-state index contributed by atoms with van der Waals surface area (Å²) in [4.78, 5) is 2.77. The Kier molecular flexibility index (Phi) is 4.77. The molecule has 0 aliphatic carbocycles. The smallest absolute Gasteiger partial charge is 0.0741 e. The molecule has 3 heteroatoms. The van der Waals surface area contributed by atoms with Crippen molar-refractivity contribution in [2.45, 2.75) is 45.8 Å². The van der Waals surface area contributed by atoms with Crippen LogP contribution in [0.25, 0.3) is 0 Å². The molecule has 2 nitrogen and oxygen atoms in total. The molecule has 0 saturated carbocycles. The Morgan fingerprint density at radius 3 is 2.53 bits per heavy atom. The molecular weight excluding hydrogens is 206 g/mol. The fourth-order valence-corrected chi connectivity index (χ4v) is 2.21. The van der Waals surface area contributed by atoms with Gasteiger partial charge in [0.2, 0.25) is 0 Å². The number of aryl methyl sites for hydroxylation is 1. The first-order valence-corrected chi connectivity index (χ1v) is 6.39. The highest BCUT2D eigenvalue weighted by atomic mass is 32.1. The van der Waals surface area contributed by atoms with Crippen molar-refractivity contribution in [2.75, 3.05) is 6.54 Å². The normalized spacial score (nSPS) is 15.2. The molecule has 0 aromatic carbocycles. The van der Waals surface area contributed by atoms with Crippen molar-refractivity contribution >= 4 is 11.3 Å². The van der Waals surface area contributed by atoms with Crippen LogP contribution in [0.1, 0.15) is 36.9 Å². The molecule has 15 heavy (non-hydrogen) atoms. The predicted octanol–water partition coefficient (Wildman–Crippen LogP) is 2.56. The minimum Gasteiger partial charge on any atom is -0.389 e. The fourth-order valence-electron chi connectivity index (χ4n) is 1.29. The molecule has 0 spiro atoms. The van der Waals surface area contributed by atoms with Gasteiger partial charge < -0.3 is 10.4 Å². The van der Waals surface area contributed by atoms with Crippen molar-refractivity contribution < 1.29 is 5.11 Å². The van der Waals surface area contributed by atoms with Crippen molar-refractivity contribution in [3.63, 3.8) is 0 Å². The molecule has 0 aliphatic heterocycles. The Morgan fingerprint density at radius 1 is 1.33 bits per heavy atom. The number of aliphatic hydroxyl groups is 1. The summed E-state index contributed by atoms with van der Waals surface area (Å²) in [6, 6.07) is 4.34. The van der Waals surface area contributed by atoms with Crippen LogP contribution in [-0.2, 0) is 13.0 Å². The molecule has 0 aliphatic rings. The van der Waals surface area contributed by atoms with Crippen molar-refractivity contribution in [2.24, 2.45) is 0 Å². The maximum atomic E-state index is 9.79. The lowest BCUT2D eigenvalue weighted by Crippen LogP contribution is -2.36. The van der Waals surface area contributed by atoms with E-state index >= 15 is 0 Å². The number of hydrogen-bond donors (Lipinski definition) is 2. The molecule has 1 unspecified atom stereocenters. The van der Waals surface area contributed by atoms with Crippen LogP contribution in [0.4, 0.5) is 0 Å². The van der Waals surface area contributed by atoms with E-state index in [1.54, 1.807) is 0 Å². The van der Waals surface area contributed by atoms with Crippen molar-refractivity contribution in [1.29, 1.82) is 0 Å². The lowest BCUT2D eigenvalue weighted by Gasteiger charge is -2.21. The second-order valence-corrected chi connectivity index (χ2v) is 5.43. The number of rotatable bonds is 6. The van der Waals surface area contributed by atoms with Crippen LogP contribution in [0.3, 0.4) is 0 Å². The largest absolute Gasteiger partial charge is 0.389 e. The summed E-state index contributed by atoms with van der Waals surface area (Å²) in [5, 5.41) is 13.1. The van der Waals surface area contributed by atoms with Gasteiger partial charge in [-0.2, -0.15) is 0 Å². The van der Waals surface area contributed by atoms with Crippen molar-refractivity contribution in [1.82, 2.24) is 5.32 Å². The molecule has 1 aromatic heterocycles. The van der Waals surface area contributed by atoms with Crippen LogP contribution in [0.5, 0.6) is 0 Å². The highest BCUT2D eigenvalue weighted by Gasteiger charge is 2.16. The maximum Gasteiger partial charge on any atom is 0.0741 e. The second kappa shape index (κ2) is 5.64. The molecule has 0 fully saturated rings. The summed E-state index contributed by atoms with van der Waals surface area (Å²) >= 11 is 1.85. The molecule has 0 saturated heterocycles. The van der Waals surface area contributed by atoms with Gasteiger partial charge in [0.25, 0.3) is 0 Å². The molecule has 0 bridgehead atoms. The summed E-state index contributed by atoms with van der Waals surface area (Å²) in [5.41, 5.74) is -0.579. The third-order valence-corrected chi connectivity index (χ3v) is 3.86. The van der Waals surface area contributed by atoms with Gasteiger partial charge in [0.05, 0.1) is 5.60 Å². The zero-order valence-corrected chi connectivity index (χ0v) is 10.7. The van der Waals surface area contributed by atoms with E-state index in [1.165, 1.54) is 9.75 Å². The topological polar surface area (TPSA) is 32.3 Å². The Labute approximate surface area is 96.3 Å². The molecule has 0 amide bonds. The number of thiophene rings is 1. The first kappa shape index (κ1) is 12.7. The van der Waals surface area contributed by atoms with E-state index < -0.39 is 5.60 Å². The third-order valence-electron chi connectivity index (χ3n) is 2.63. The first-order chi connectivity index (χ1) is 7.07. The van der Waals surface area contributed by atoms with Gasteiger partial charge in [-0.15, -0.1) is 11.3 Å². The van der Waals surface area contributed by atoms with Gasteiger partial charge in [-0.25, -0.2) is 0 Å². The maximum absolute atomic E-state index is 9.79. The van der Waals surface area contributed by atoms with Gasteiger partial charge >= 0.3 is 0 Å². The zero-order chi connectivity index (χ0) is 11.3. The fraction of sp³-hybridized carbons (Fsp3) is 0.667. The molecule has 2 N–H and O–H groups in total. The highest BCUT2D eigenvalue weighted by Crippen LogP contribution is 2.16. The quantitative estimate of drug-likeness (QED) is 0.783. The zero-order valence-electron chi connectivity index (χ0n) is 9.84. The Morgan fingerprint density at radius 2 is 2.00 bits per heavy atom. The SMILES string of the molecule is CCc1ccc(CNCC(C)(O)CC)s1. The van der Waals surface area contributed by atoms with Gasteiger partial charge in [-0.05, 0) is 31.9 Å². The molecule has 86 valence electrons. The molecule has 1 rings (SSSR count).